The number of hydrogen-bond acceptors (Lipinski definition) is 5. The van der Waals surface area contributed by atoms with Gasteiger partial charge in [-0.1, -0.05) is 0 Å². The van der Waals surface area contributed by atoms with Gasteiger partial charge in [0.25, 0.3) is 0 Å². The van der Waals surface area contributed by atoms with Crippen LogP contribution in [0, 0.1) is 0 Å². The van der Waals surface area contributed by atoms with E-state index in [-0.39, 0.29) is 0 Å². The molecule has 5 heteroatoms. The van der Waals surface area contributed by atoms with Gasteiger partial charge in [-0.3, -0.25) is 0 Å². The lowest BCUT2D eigenvalue weighted by Crippen LogP contribution is -2.36. The molecule has 0 aliphatic carbocycles. The van der Waals surface area contributed by atoms with Crippen LogP contribution in [-0.4, -0.2) is 55.6 Å². The van der Waals surface area contributed by atoms with E-state index < -0.39 is 24.6 Å². The molecule has 72 valence electrons. The molecule has 0 bridgehead atoms. The Morgan fingerprint density at radius 3 is 2.50 bits per heavy atom. The fraction of sp³-hybridized carbons (Fsp3) is 1.00. The van der Waals surface area contributed by atoms with E-state index in [2.05, 4.69) is 0 Å². The predicted molar refractivity (Wildman–Crippen MR) is 39.6 cm³/mol. The number of ether oxygens (including phenoxy) is 3. The largest absolute Gasteiger partial charge is 0.385 e. The van der Waals surface area contributed by atoms with Crippen molar-refractivity contribution in [2.45, 2.75) is 24.6 Å². The summed E-state index contributed by atoms with van der Waals surface area (Å²) in [4.78, 5) is 0. The summed E-state index contributed by atoms with van der Waals surface area (Å²) in [5.41, 5.74) is 0. The Hall–Kier alpha value is -0.200. The van der Waals surface area contributed by atoms with Crippen molar-refractivity contribution in [3.8, 4) is 0 Å². The molecular formula is C7H14O5. The topological polar surface area (TPSA) is 68.2 Å². The lowest BCUT2D eigenvalue weighted by atomic mass is 10.1. The van der Waals surface area contributed by atoms with E-state index in [1.807, 2.05) is 0 Å². The highest BCUT2D eigenvalue weighted by molar-refractivity contribution is 4.86. The third-order valence-electron chi connectivity index (χ3n) is 1.91. The summed E-state index contributed by atoms with van der Waals surface area (Å²) in [5, 5.41) is 18.4. The van der Waals surface area contributed by atoms with Gasteiger partial charge in [-0.05, 0) is 0 Å². The second kappa shape index (κ2) is 4.15. The van der Waals surface area contributed by atoms with Gasteiger partial charge in [-0.2, -0.15) is 0 Å². The van der Waals surface area contributed by atoms with Crippen LogP contribution in [0.5, 0.6) is 0 Å². The zero-order valence-electron chi connectivity index (χ0n) is 7.14. The second-order valence-corrected chi connectivity index (χ2v) is 2.71. The van der Waals surface area contributed by atoms with Crippen molar-refractivity contribution in [1.82, 2.24) is 0 Å². The van der Waals surface area contributed by atoms with E-state index in [0.29, 0.717) is 6.61 Å². The molecule has 0 aromatic carbocycles. The first-order chi connectivity index (χ1) is 5.70. The Balaban J connectivity index is 2.52. The monoisotopic (exact) mass is 178 g/mol. The van der Waals surface area contributed by atoms with Crippen LogP contribution in [0.15, 0.2) is 0 Å². The third kappa shape index (κ3) is 1.75. The summed E-state index contributed by atoms with van der Waals surface area (Å²) >= 11 is 0. The normalized spacial score (nSPS) is 42.0. The van der Waals surface area contributed by atoms with Gasteiger partial charge in [0.05, 0.1) is 6.61 Å². The SMILES string of the molecule is COC[C@@H]1O[C@H](O)C(O)C1OC. The summed E-state index contributed by atoms with van der Waals surface area (Å²) < 4.78 is 14.7. The quantitative estimate of drug-likeness (QED) is 0.563. The molecule has 4 atom stereocenters. The smallest absolute Gasteiger partial charge is 0.184 e. The fourth-order valence-electron chi connectivity index (χ4n) is 1.31. The van der Waals surface area contributed by atoms with Gasteiger partial charge in [-0.15, -0.1) is 0 Å². The molecule has 0 amide bonds. The average molecular weight is 178 g/mol. The van der Waals surface area contributed by atoms with Crippen molar-refractivity contribution in [3.05, 3.63) is 0 Å². The zero-order valence-corrected chi connectivity index (χ0v) is 7.14. The van der Waals surface area contributed by atoms with Gasteiger partial charge in [0.15, 0.2) is 6.29 Å². The van der Waals surface area contributed by atoms with E-state index >= 15 is 0 Å². The molecule has 0 aromatic heterocycles. The van der Waals surface area contributed by atoms with Crippen LogP contribution in [0.3, 0.4) is 0 Å². The van der Waals surface area contributed by atoms with E-state index in [4.69, 9.17) is 19.3 Å². The number of aliphatic hydroxyl groups excluding tert-OH is 2. The lowest BCUT2D eigenvalue weighted by molar-refractivity contribution is -0.134. The standard InChI is InChI=1S/C7H14O5/c1-10-3-4-6(11-2)5(8)7(9)12-4/h4-9H,3H2,1-2H3/t4-,5?,6?,7-/m0/s1. The highest BCUT2D eigenvalue weighted by atomic mass is 16.7. The average Bonchev–Trinajstić information content (AvgIpc) is 2.29. The van der Waals surface area contributed by atoms with E-state index in [1.165, 1.54) is 14.2 Å². The molecule has 0 aromatic rings. The maximum atomic E-state index is 9.30. The van der Waals surface area contributed by atoms with Gasteiger partial charge in [0, 0.05) is 14.2 Å². The summed E-state index contributed by atoms with van der Waals surface area (Å²) in [6, 6.07) is 0. The minimum absolute atomic E-state index is 0.298. The van der Waals surface area contributed by atoms with E-state index in [9.17, 15) is 5.11 Å². The lowest BCUT2D eigenvalue weighted by Gasteiger charge is -2.16. The number of rotatable bonds is 3. The van der Waals surface area contributed by atoms with Crippen LogP contribution < -0.4 is 0 Å². The first-order valence-corrected chi connectivity index (χ1v) is 3.74. The zero-order chi connectivity index (χ0) is 9.14. The third-order valence-corrected chi connectivity index (χ3v) is 1.91. The van der Waals surface area contributed by atoms with Crippen molar-refractivity contribution in [1.29, 1.82) is 0 Å². The van der Waals surface area contributed by atoms with Gasteiger partial charge >= 0.3 is 0 Å². The van der Waals surface area contributed by atoms with Crippen molar-refractivity contribution in [3.63, 3.8) is 0 Å². The van der Waals surface area contributed by atoms with Crippen LogP contribution in [0.1, 0.15) is 0 Å². The molecule has 12 heavy (non-hydrogen) atoms. The Bertz CT molecular complexity index is 140. The van der Waals surface area contributed by atoms with Gasteiger partial charge in [0.2, 0.25) is 0 Å². The minimum Gasteiger partial charge on any atom is -0.385 e. The predicted octanol–water partition coefficient (Wildman–Crippen LogP) is -1.27. The second-order valence-electron chi connectivity index (χ2n) is 2.71. The molecular weight excluding hydrogens is 164 g/mol. The molecule has 1 saturated heterocycles. The first-order valence-electron chi connectivity index (χ1n) is 3.74. The molecule has 1 heterocycles. The minimum atomic E-state index is -1.17. The maximum absolute atomic E-state index is 9.30. The van der Waals surface area contributed by atoms with Crippen LogP contribution in [0.25, 0.3) is 0 Å². The first kappa shape index (κ1) is 9.88. The Labute approximate surface area is 70.9 Å². The molecule has 0 spiro atoms. The molecule has 2 N–H and O–H groups in total. The van der Waals surface area contributed by atoms with Gasteiger partial charge in [0.1, 0.15) is 18.3 Å². The summed E-state index contributed by atoms with van der Waals surface area (Å²) in [7, 11) is 2.98. The maximum Gasteiger partial charge on any atom is 0.184 e. The van der Waals surface area contributed by atoms with Crippen LogP contribution in [0.4, 0.5) is 0 Å². The number of hydrogen-bond donors (Lipinski definition) is 2. The molecule has 0 radical (unpaired) electrons. The van der Waals surface area contributed by atoms with E-state index in [1.54, 1.807) is 0 Å². The van der Waals surface area contributed by atoms with Crippen LogP contribution >= 0.6 is 0 Å². The summed E-state index contributed by atoms with van der Waals surface area (Å²) in [6.45, 7) is 0.298. The van der Waals surface area contributed by atoms with Crippen LogP contribution in [0.2, 0.25) is 0 Å². The highest BCUT2D eigenvalue weighted by Crippen LogP contribution is 2.21. The molecule has 1 fully saturated rings. The fourth-order valence-corrected chi connectivity index (χ4v) is 1.31. The van der Waals surface area contributed by atoms with Crippen molar-refractivity contribution < 1.29 is 24.4 Å². The molecule has 2 unspecified atom stereocenters. The Kier molecular flexibility index (Phi) is 3.42. The van der Waals surface area contributed by atoms with Crippen LogP contribution in [-0.2, 0) is 14.2 Å². The van der Waals surface area contributed by atoms with Crippen molar-refractivity contribution in [2.75, 3.05) is 20.8 Å². The molecule has 0 saturated carbocycles. The molecule has 5 nitrogen and oxygen atoms in total. The van der Waals surface area contributed by atoms with Crippen molar-refractivity contribution in [2.24, 2.45) is 0 Å². The Morgan fingerprint density at radius 2 is 2.00 bits per heavy atom. The molecule has 1 rings (SSSR count). The Morgan fingerprint density at radius 1 is 1.33 bits per heavy atom. The van der Waals surface area contributed by atoms with E-state index in [0.717, 1.165) is 0 Å². The number of methoxy groups -OCH3 is 2. The molecule has 1 aliphatic heterocycles. The highest BCUT2D eigenvalue weighted by Gasteiger charge is 2.42. The van der Waals surface area contributed by atoms with Gasteiger partial charge in [-0.25, -0.2) is 0 Å². The number of aliphatic hydroxyl groups is 2. The molecule has 1 aliphatic rings. The van der Waals surface area contributed by atoms with Gasteiger partial charge < -0.3 is 24.4 Å². The van der Waals surface area contributed by atoms with Crippen molar-refractivity contribution >= 4 is 0 Å². The summed E-state index contributed by atoms with van der Waals surface area (Å²) in [6.07, 6.45) is -3.07. The summed E-state index contributed by atoms with van der Waals surface area (Å²) in [5.74, 6) is 0.